The summed E-state index contributed by atoms with van der Waals surface area (Å²) in [5.74, 6) is 0.515. The number of unbranched alkanes of at least 4 members (excludes halogenated alkanes) is 7. The molecule has 0 saturated carbocycles. The Kier molecular flexibility index (Phi) is 16.4. The molecule has 180 valence electrons. The van der Waals surface area contributed by atoms with Crippen LogP contribution in [0.5, 0.6) is 0 Å². The maximum Gasteiger partial charge on any atom is 0.191 e. The third-order valence-electron chi connectivity index (χ3n) is 7.09. The van der Waals surface area contributed by atoms with E-state index in [1.54, 1.807) is 0 Å². The molecule has 0 amide bonds. The van der Waals surface area contributed by atoms with Gasteiger partial charge in [0, 0.05) is 13.2 Å². The Bertz CT molecular complexity index is 507. The van der Waals surface area contributed by atoms with Crippen LogP contribution < -0.4 is 0 Å². The lowest BCUT2D eigenvalue weighted by molar-refractivity contribution is 0.00961. The smallest absolute Gasteiger partial charge is 0.191 e. The molecule has 0 aliphatic rings. The van der Waals surface area contributed by atoms with Crippen LogP contribution in [-0.2, 0) is 9.16 Å². The van der Waals surface area contributed by atoms with Crippen molar-refractivity contribution < 1.29 is 9.16 Å². The molecule has 0 heterocycles. The van der Waals surface area contributed by atoms with E-state index >= 15 is 0 Å². The van der Waals surface area contributed by atoms with E-state index in [2.05, 4.69) is 65.0 Å². The van der Waals surface area contributed by atoms with Crippen LogP contribution in [0.1, 0.15) is 110 Å². The summed E-state index contributed by atoms with van der Waals surface area (Å²) in [7, 11) is -1.46. The molecule has 1 aromatic rings. The normalized spacial score (nSPS) is 14.0. The second-order valence-corrected chi connectivity index (χ2v) is 14.2. The van der Waals surface area contributed by atoms with Gasteiger partial charge in [0.1, 0.15) is 0 Å². The van der Waals surface area contributed by atoms with Gasteiger partial charge in [-0.2, -0.15) is 0 Å². The van der Waals surface area contributed by atoms with Crippen LogP contribution in [-0.4, -0.2) is 21.5 Å². The molecule has 0 spiro atoms. The van der Waals surface area contributed by atoms with Gasteiger partial charge in [-0.15, -0.1) is 0 Å². The van der Waals surface area contributed by atoms with Crippen molar-refractivity contribution in [3.05, 3.63) is 35.9 Å². The van der Waals surface area contributed by atoms with E-state index in [1.165, 1.54) is 81.5 Å². The summed E-state index contributed by atoms with van der Waals surface area (Å²) in [6.07, 6.45) is 13.3. The van der Waals surface area contributed by atoms with Gasteiger partial charge in [-0.3, -0.25) is 0 Å². The molecule has 1 aromatic carbocycles. The molecule has 0 fully saturated rings. The summed E-state index contributed by atoms with van der Waals surface area (Å²) < 4.78 is 12.9. The van der Waals surface area contributed by atoms with Crippen LogP contribution >= 0.6 is 0 Å². The molecule has 2 nitrogen and oxygen atoms in total. The number of hydrogen-bond donors (Lipinski definition) is 0. The molecule has 0 bridgehead atoms. The lowest BCUT2D eigenvalue weighted by Crippen LogP contribution is -2.36. The zero-order valence-corrected chi connectivity index (χ0v) is 22.5. The van der Waals surface area contributed by atoms with E-state index in [9.17, 15) is 0 Å². The molecule has 3 heteroatoms. The van der Waals surface area contributed by atoms with E-state index < -0.39 is 8.32 Å². The van der Waals surface area contributed by atoms with Crippen molar-refractivity contribution in [3.8, 4) is 0 Å². The zero-order chi connectivity index (χ0) is 22.8. The first-order valence-electron chi connectivity index (χ1n) is 13.4. The maximum atomic E-state index is 6.47. The molecule has 0 aliphatic carbocycles. The minimum absolute atomic E-state index is 0.205. The van der Waals surface area contributed by atoms with Gasteiger partial charge in [0.25, 0.3) is 0 Å². The van der Waals surface area contributed by atoms with Gasteiger partial charge in [0.2, 0.25) is 0 Å². The second kappa shape index (κ2) is 17.9. The van der Waals surface area contributed by atoms with E-state index in [4.69, 9.17) is 9.16 Å². The quantitative estimate of drug-likeness (QED) is 0.146. The zero-order valence-electron chi connectivity index (χ0n) is 21.5. The fourth-order valence-electron chi connectivity index (χ4n) is 4.58. The van der Waals surface area contributed by atoms with Gasteiger partial charge in [-0.1, -0.05) is 110 Å². The first-order valence-corrected chi connectivity index (χ1v) is 16.0. The SMILES string of the molecule is CCCCCCCCCCOC(c1ccccc1)C(C)CCCO[Si](CC)(CC)CC. The van der Waals surface area contributed by atoms with Crippen LogP contribution in [0.25, 0.3) is 0 Å². The van der Waals surface area contributed by atoms with Gasteiger partial charge in [0.05, 0.1) is 6.10 Å². The molecular weight excluding hydrogens is 396 g/mol. The lowest BCUT2D eigenvalue weighted by Gasteiger charge is -2.29. The van der Waals surface area contributed by atoms with E-state index in [0.717, 1.165) is 19.6 Å². The monoisotopic (exact) mass is 448 g/mol. The van der Waals surface area contributed by atoms with Gasteiger partial charge >= 0.3 is 0 Å². The number of rotatable bonds is 20. The summed E-state index contributed by atoms with van der Waals surface area (Å²) in [6.45, 7) is 13.4. The molecule has 0 saturated heterocycles. The lowest BCUT2D eigenvalue weighted by atomic mass is 9.93. The highest BCUT2D eigenvalue weighted by molar-refractivity contribution is 6.73. The molecule has 1 rings (SSSR count). The summed E-state index contributed by atoms with van der Waals surface area (Å²) in [6, 6.07) is 14.6. The largest absolute Gasteiger partial charge is 0.417 e. The molecular formula is C28H52O2Si. The van der Waals surface area contributed by atoms with Crippen molar-refractivity contribution in [2.75, 3.05) is 13.2 Å². The summed E-state index contributed by atoms with van der Waals surface area (Å²) >= 11 is 0. The highest BCUT2D eigenvalue weighted by Crippen LogP contribution is 2.30. The Morgan fingerprint density at radius 2 is 1.29 bits per heavy atom. The average Bonchev–Trinajstić information content (AvgIpc) is 2.81. The Balaban J connectivity index is 2.40. The van der Waals surface area contributed by atoms with Crippen molar-refractivity contribution in [1.29, 1.82) is 0 Å². The van der Waals surface area contributed by atoms with Crippen LogP contribution in [0.2, 0.25) is 18.1 Å². The Hall–Kier alpha value is -0.643. The third kappa shape index (κ3) is 11.7. The first kappa shape index (κ1) is 28.4. The van der Waals surface area contributed by atoms with Crippen LogP contribution in [0.4, 0.5) is 0 Å². The molecule has 2 atom stereocenters. The van der Waals surface area contributed by atoms with Crippen LogP contribution in [0.15, 0.2) is 30.3 Å². The van der Waals surface area contributed by atoms with Gasteiger partial charge in [-0.25, -0.2) is 0 Å². The summed E-state index contributed by atoms with van der Waals surface area (Å²) in [4.78, 5) is 0. The van der Waals surface area contributed by atoms with Gasteiger partial charge < -0.3 is 9.16 Å². The molecule has 2 unspecified atom stereocenters. The highest BCUT2D eigenvalue weighted by atomic mass is 28.4. The van der Waals surface area contributed by atoms with Gasteiger partial charge in [0.15, 0.2) is 8.32 Å². The third-order valence-corrected chi connectivity index (χ3v) is 11.8. The second-order valence-electron chi connectivity index (χ2n) is 9.39. The predicted molar refractivity (Wildman–Crippen MR) is 139 cm³/mol. The highest BCUT2D eigenvalue weighted by Gasteiger charge is 2.28. The van der Waals surface area contributed by atoms with Crippen LogP contribution in [0.3, 0.4) is 0 Å². The molecule has 0 N–H and O–H groups in total. The van der Waals surface area contributed by atoms with E-state index in [-0.39, 0.29) is 6.10 Å². The predicted octanol–water partition coefficient (Wildman–Crippen LogP) is 9.32. The Morgan fingerprint density at radius 3 is 1.87 bits per heavy atom. The maximum absolute atomic E-state index is 6.47. The van der Waals surface area contributed by atoms with Crippen molar-refractivity contribution in [3.63, 3.8) is 0 Å². The molecule has 0 aromatic heterocycles. The molecule has 0 aliphatic heterocycles. The number of ether oxygens (including phenoxy) is 1. The fourth-order valence-corrected chi connectivity index (χ4v) is 7.27. The Morgan fingerprint density at radius 1 is 0.710 bits per heavy atom. The fraction of sp³-hybridized carbons (Fsp3) is 0.786. The number of hydrogen-bond acceptors (Lipinski definition) is 2. The minimum Gasteiger partial charge on any atom is -0.417 e. The van der Waals surface area contributed by atoms with Crippen molar-refractivity contribution >= 4 is 8.32 Å². The van der Waals surface area contributed by atoms with Crippen LogP contribution in [0, 0.1) is 5.92 Å². The van der Waals surface area contributed by atoms with E-state index in [1.807, 2.05) is 0 Å². The topological polar surface area (TPSA) is 18.5 Å². The summed E-state index contributed by atoms with van der Waals surface area (Å²) in [5.41, 5.74) is 1.33. The number of benzene rings is 1. The first-order chi connectivity index (χ1) is 15.1. The van der Waals surface area contributed by atoms with Crippen molar-refractivity contribution in [2.45, 2.75) is 123 Å². The Labute approximate surface area is 195 Å². The average molecular weight is 449 g/mol. The molecule has 0 radical (unpaired) electrons. The van der Waals surface area contributed by atoms with Crippen molar-refractivity contribution in [2.24, 2.45) is 5.92 Å². The minimum atomic E-state index is -1.46. The molecule has 31 heavy (non-hydrogen) atoms. The van der Waals surface area contributed by atoms with Gasteiger partial charge in [-0.05, 0) is 48.9 Å². The van der Waals surface area contributed by atoms with E-state index in [0.29, 0.717) is 5.92 Å². The standard InChI is InChI=1S/C28H52O2Si/c1-6-10-11-12-13-14-15-19-24-29-28(27-22-17-16-18-23-27)26(5)21-20-25-30-31(7-2,8-3)9-4/h16-18,22-23,26,28H,6-15,19-21,24-25H2,1-5H3. The summed E-state index contributed by atoms with van der Waals surface area (Å²) in [5, 5.41) is 0. The van der Waals surface area contributed by atoms with Crippen molar-refractivity contribution in [1.82, 2.24) is 0 Å².